The lowest BCUT2D eigenvalue weighted by molar-refractivity contribution is -0.112. The number of ether oxygens (including phenoxy) is 1. The van der Waals surface area contributed by atoms with Crippen molar-refractivity contribution in [1.29, 1.82) is 0 Å². The van der Waals surface area contributed by atoms with Gasteiger partial charge < -0.3 is 14.6 Å². The fourth-order valence-corrected chi connectivity index (χ4v) is 3.76. The number of nitrogens with one attached hydrogen (secondary N) is 1. The van der Waals surface area contributed by atoms with Crippen LogP contribution in [0.1, 0.15) is 27.2 Å². The molecule has 0 atom stereocenters. The Morgan fingerprint density at radius 2 is 1.81 bits per heavy atom. The number of hydrogen-bond donors (Lipinski definition) is 1. The number of carbonyl (C=O) groups is 2. The number of nitrogens with zero attached hydrogens (tertiary/aromatic N) is 2. The maximum Gasteiger partial charge on any atom is 0.296 e. The van der Waals surface area contributed by atoms with Crippen molar-refractivity contribution in [2.45, 2.75) is 20.4 Å². The molecule has 2 aromatic heterocycles. The predicted molar refractivity (Wildman–Crippen MR) is 121 cm³/mol. The third-order valence-corrected chi connectivity index (χ3v) is 5.37. The van der Waals surface area contributed by atoms with Crippen molar-refractivity contribution in [2.75, 3.05) is 12.4 Å². The minimum absolute atomic E-state index is 0.307. The fraction of sp³-hybridized carbons (Fsp3) is 0.160. The van der Waals surface area contributed by atoms with E-state index >= 15 is 0 Å². The largest absolute Gasteiger partial charge is 0.481 e. The van der Waals surface area contributed by atoms with Gasteiger partial charge >= 0.3 is 0 Å². The average Bonchev–Trinajstić information content (AvgIpc) is 3.05. The van der Waals surface area contributed by atoms with Gasteiger partial charge in [-0.3, -0.25) is 9.59 Å². The minimum Gasteiger partial charge on any atom is -0.481 e. The summed E-state index contributed by atoms with van der Waals surface area (Å²) < 4.78 is 20.4. The van der Waals surface area contributed by atoms with E-state index in [4.69, 9.17) is 4.74 Å². The molecule has 1 amide bonds. The average molecular weight is 431 g/mol. The molecule has 0 unspecified atom stereocenters. The number of rotatable bonds is 6. The highest BCUT2D eigenvalue weighted by atomic mass is 19.1. The molecule has 0 saturated carbocycles. The van der Waals surface area contributed by atoms with Crippen LogP contribution in [0, 0.1) is 19.7 Å². The van der Waals surface area contributed by atoms with Crippen LogP contribution in [-0.4, -0.2) is 28.4 Å². The van der Waals surface area contributed by atoms with E-state index < -0.39 is 11.7 Å². The van der Waals surface area contributed by atoms with Gasteiger partial charge in [0.1, 0.15) is 5.82 Å². The number of Topliss-reactive ketones (excluding diaryl/α,β-unsaturated/α-hetero) is 1. The van der Waals surface area contributed by atoms with Crippen molar-refractivity contribution >= 4 is 28.3 Å². The van der Waals surface area contributed by atoms with Crippen LogP contribution in [0.15, 0.2) is 60.8 Å². The zero-order valence-electron chi connectivity index (χ0n) is 18.0. The first-order chi connectivity index (χ1) is 15.4. The maximum atomic E-state index is 13.3. The summed E-state index contributed by atoms with van der Waals surface area (Å²) in [5.74, 6) is -1.35. The van der Waals surface area contributed by atoms with Crippen LogP contribution in [0.2, 0.25) is 0 Å². The molecule has 2 heterocycles. The zero-order chi connectivity index (χ0) is 22.8. The van der Waals surface area contributed by atoms with Crippen LogP contribution in [0.5, 0.6) is 5.88 Å². The highest BCUT2D eigenvalue weighted by molar-refractivity contribution is 6.48. The normalized spacial score (nSPS) is 10.9. The van der Waals surface area contributed by atoms with Crippen LogP contribution in [-0.2, 0) is 11.3 Å². The van der Waals surface area contributed by atoms with E-state index in [-0.39, 0.29) is 5.82 Å². The Labute approximate surface area is 184 Å². The van der Waals surface area contributed by atoms with Crippen molar-refractivity contribution in [3.05, 3.63) is 89.0 Å². The smallest absolute Gasteiger partial charge is 0.296 e. The number of carbonyl (C=O) groups excluding carboxylic acids is 2. The van der Waals surface area contributed by atoms with Crippen molar-refractivity contribution < 1.29 is 18.7 Å². The molecule has 2 aromatic carbocycles. The molecule has 0 saturated heterocycles. The van der Waals surface area contributed by atoms with Crippen molar-refractivity contribution in [1.82, 2.24) is 9.55 Å². The first-order valence-corrected chi connectivity index (χ1v) is 10.1. The van der Waals surface area contributed by atoms with Gasteiger partial charge in [0, 0.05) is 41.1 Å². The van der Waals surface area contributed by atoms with E-state index in [1.54, 1.807) is 24.3 Å². The van der Waals surface area contributed by atoms with E-state index in [1.807, 2.05) is 36.6 Å². The van der Waals surface area contributed by atoms with Crippen LogP contribution >= 0.6 is 0 Å². The number of fused-ring (bicyclic) bond motifs is 1. The molecule has 7 heteroatoms. The predicted octanol–water partition coefficient (Wildman–Crippen LogP) is 4.67. The summed E-state index contributed by atoms with van der Waals surface area (Å²) in [5, 5.41) is 3.33. The van der Waals surface area contributed by atoms with Crippen molar-refractivity contribution in [2.24, 2.45) is 0 Å². The van der Waals surface area contributed by atoms with Gasteiger partial charge in [-0.2, -0.15) is 0 Å². The maximum absolute atomic E-state index is 13.3. The topological polar surface area (TPSA) is 73.2 Å². The van der Waals surface area contributed by atoms with Gasteiger partial charge in [-0.15, -0.1) is 0 Å². The lowest BCUT2D eigenvalue weighted by atomic mass is 10.0. The standard InChI is InChI=1S/C25H22FN3O3/c1-15-4-9-21-20(12-15)23(16(2)29(21)14-17-5-7-18(26)8-6-17)24(30)25(31)28-19-10-11-27-22(13-19)32-3/h4-13H,14H2,1-3H3,(H,27,28,31). The zero-order valence-corrected chi connectivity index (χ0v) is 18.0. The highest BCUT2D eigenvalue weighted by Crippen LogP contribution is 2.29. The second-order valence-electron chi connectivity index (χ2n) is 7.56. The van der Waals surface area contributed by atoms with Gasteiger partial charge in [0.2, 0.25) is 5.88 Å². The summed E-state index contributed by atoms with van der Waals surface area (Å²) in [6.07, 6.45) is 1.49. The third kappa shape index (κ3) is 4.09. The Hall–Kier alpha value is -4.00. The summed E-state index contributed by atoms with van der Waals surface area (Å²) in [7, 11) is 1.47. The third-order valence-electron chi connectivity index (χ3n) is 5.37. The monoisotopic (exact) mass is 431 g/mol. The molecule has 0 aliphatic heterocycles. The number of ketones is 1. The van der Waals surface area contributed by atoms with Gasteiger partial charge in [0.05, 0.1) is 12.7 Å². The quantitative estimate of drug-likeness (QED) is 0.356. The van der Waals surface area contributed by atoms with Gasteiger partial charge in [0.25, 0.3) is 11.7 Å². The van der Waals surface area contributed by atoms with Crippen molar-refractivity contribution in [3.8, 4) is 5.88 Å². The summed E-state index contributed by atoms with van der Waals surface area (Å²) in [5.41, 5.74) is 4.13. The SMILES string of the molecule is COc1cc(NC(=O)C(=O)c2c(C)n(Cc3ccc(F)cc3)c3ccc(C)cc23)ccn1. The van der Waals surface area contributed by atoms with Gasteiger partial charge in [-0.25, -0.2) is 9.37 Å². The molecule has 6 nitrogen and oxygen atoms in total. The molecule has 0 aliphatic rings. The van der Waals surface area contributed by atoms with E-state index in [2.05, 4.69) is 10.3 Å². The van der Waals surface area contributed by atoms with Gasteiger partial charge in [0.15, 0.2) is 0 Å². The Kier molecular flexibility index (Phi) is 5.73. The molecule has 4 rings (SSSR count). The number of anilines is 1. The summed E-state index contributed by atoms with van der Waals surface area (Å²) >= 11 is 0. The Morgan fingerprint density at radius 3 is 2.53 bits per heavy atom. The van der Waals surface area contributed by atoms with E-state index in [1.165, 1.54) is 25.4 Å². The fourth-order valence-electron chi connectivity index (χ4n) is 3.76. The second-order valence-corrected chi connectivity index (χ2v) is 7.56. The van der Waals surface area contributed by atoms with Crippen LogP contribution in [0.25, 0.3) is 10.9 Å². The molecule has 0 bridgehead atoms. The number of pyridine rings is 1. The number of hydrogen-bond acceptors (Lipinski definition) is 4. The molecular formula is C25H22FN3O3. The lowest BCUT2D eigenvalue weighted by Gasteiger charge is -2.09. The number of aromatic nitrogens is 2. The number of benzene rings is 2. The van der Waals surface area contributed by atoms with Crippen molar-refractivity contribution in [3.63, 3.8) is 0 Å². The van der Waals surface area contributed by atoms with Crippen LogP contribution < -0.4 is 10.1 Å². The Bertz CT molecular complexity index is 1330. The van der Waals surface area contributed by atoms with Gasteiger partial charge in [-0.05, 0) is 49.7 Å². The molecule has 32 heavy (non-hydrogen) atoms. The molecule has 0 radical (unpaired) electrons. The summed E-state index contributed by atoms with van der Waals surface area (Å²) in [4.78, 5) is 30.1. The molecule has 0 fully saturated rings. The minimum atomic E-state index is -0.747. The van der Waals surface area contributed by atoms with E-state index in [9.17, 15) is 14.0 Å². The number of amides is 1. The van der Waals surface area contributed by atoms with Crippen LogP contribution in [0.3, 0.4) is 0 Å². The van der Waals surface area contributed by atoms with Gasteiger partial charge in [-0.1, -0.05) is 23.8 Å². The first-order valence-electron chi connectivity index (χ1n) is 10.1. The summed E-state index contributed by atoms with van der Waals surface area (Å²) in [6.45, 7) is 4.20. The van der Waals surface area contributed by atoms with E-state index in [0.29, 0.717) is 34.8 Å². The lowest BCUT2D eigenvalue weighted by Crippen LogP contribution is -2.23. The molecule has 4 aromatic rings. The second kappa shape index (κ2) is 8.63. The Morgan fingerprint density at radius 1 is 1.06 bits per heavy atom. The molecule has 162 valence electrons. The van der Waals surface area contributed by atoms with Crippen LogP contribution in [0.4, 0.5) is 10.1 Å². The highest BCUT2D eigenvalue weighted by Gasteiger charge is 2.25. The Balaban J connectivity index is 1.73. The molecular weight excluding hydrogens is 409 g/mol. The first kappa shape index (κ1) is 21.2. The number of halogens is 1. The molecule has 1 N–H and O–H groups in total. The number of aryl methyl sites for hydroxylation is 1. The molecule has 0 aliphatic carbocycles. The summed E-state index contributed by atoms with van der Waals surface area (Å²) in [6, 6.07) is 15.2. The van der Waals surface area contributed by atoms with E-state index in [0.717, 1.165) is 16.6 Å². The number of methoxy groups -OCH3 is 1. The molecule has 0 spiro atoms.